The predicted molar refractivity (Wildman–Crippen MR) is 152 cm³/mol. The van der Waals surface area contributed by atoms with Crippen LogP contribution in [0, 0.1) is 18.7 Å². The Morgan fingerprint density at radius 2 is 1.95 bits per heavy atom. The number of aryl methyl sites for hydroxylation is 1. The van der Waals surface area contributed by atoms with Crippen molar-refractivity contribution in [1.29, 1.82) is 0 Å². The van der Waals surface area contributed by atoms with Gasteiger partial charge in [-0.25, -0.2) is 13.8 Å². The molecule has 42 heavy (non-hydrogen) atoms. The van der Waals surface area contributed by atoms with E-state index in [0.717, 1.165) is 4.57 Å². The first-order valence-electron chi connectivity index (χ1n) is 13.8. The Hall–Kier alpha value is -3.88. The number of hydrogen-bond acceptors (Lipinski definition) is 9. The van der Waals surface area contributed by atoms with Gasteiger partial charge in [-0.3, -0.25) is 14.6 Å². The lowest BCUT2D eigenvalue weighted by Crippen LogP contribution is -2.49. The Kier molecular flexibility index (Phi) is 7.92. The Labute approximate surface area is 243 Å². The monoisotopic (exact) mass is 598 g/mol. The summed E-state index contributed by atoms with van der Waals surface area (Å²) in [6.07, 6.45) is 4.47. The minimum Gasteiger partial charge on any atom is -0.496 e. The fourth-order valence-electron chi connectivity index (χ4n) is 5.84. The second kappa shape index (κ2) is 11.8. The van der Waals surface area contributed by atoms with Crippen LogP contribution in [0.5, 0.6) is 5.75 Å². The summed E-state index contributed by atoms with van der Waals surface area (Å²) in [7, 11) is 1.52. The zero-order valence-corrected chi connectivity index (χ0v) is 24.0. The van der Waals surface area contributed by atoms with Crippen LogP contribution in [-0.2, 0) is 14.3 Å². The van der Waals surface area contributed by atoms with Gasteiger partial charge in [-0.15, -0.1) is 4.80 Å². The van der Waals surface area contributed by atoms with Crippen LogP contribution in [0.15, 0.2) is 40.2 Å². The predicted octanol–water partition coefficient (Wildman–Crippen LogP) is 2.79. The minimum atomic E-state index is -1.03. The van der Waals surface area contributed by atoms with Crippen molar-refractivity contribution in [2.24, 2.45) is 5.92 Å². The molecule has 3 atom stereocenters. The molecule has 12 nitrogen and oxygen atoms in total. The minimum absolute atomic E-state index is 0.0846. The second-order valence-electron chi connectivity index (χ2n) is 10.6. The Morgan fingerprint density at radius 3 is 2.69 bits per heavy atom. The van der Waals surface area contributed by atoms with Gasteiger partial charge in [0.15, 0.2) is 0 Å². The molecule has 0 aliphatic carbocycles. The van der Waals surface area contributed by atoms with Gasteiger partial charge in [0.25, 0.3) is 5.56 Å². The van der Waals surface area contributed by atoms with Crippen molar-refractivity contribution in [2.45, 2.75) is 50.9 Å². The number of fused-ring (bicyclic) bond motifs is 1. The van der Waals surface area contributed by atoms with Crippen LogP contribution in [0.2, 0.25) is 0 Å². The van der Waals surface area contributed by atoms with E-state index in [4.69, 9.17) is 14.2 Å². The molecule has 1 amide bonds. The number of ether oxygens (including phenoxy) is 3. The first-order chi connectivity index (χ1) is 20.3. The number of H-pyrrole nitrogens is 1. The number of nitrogens with one attached hydrogen (secondary N) is 2. The van der Waals surface area contributed by atoms with Crippen molar-refractivity contribution in [1.82, 2.24) is 29.9 Å². The van der Waals surface area contributed by atoms with Crippen molar-refractivity contribution in [3.8, 4) is 10.8 Å². The zero-order valence-electron chi connectivity index (χ0n) is 23.2. The van der Waals surface area contributed by atoms with Gasteiger partial charge in [0.1, 0.15) is 27.4 Å². The Morgan fingerprint density at radius 1 is 1.19 bits per heavy atom. The molecule has 222 valence electrons. The molecule has 2 unspecified atom stereocenters. The van der Waals surface area contributed by atoms with Crippen LogP contribution in [-0.4, -0.2) is 63.4 Å². The van der Waals surface area contributed by atoms with Crippen molar-refractivity contribution < 1.29 is 23.4 Å². The molecule has 3 aromatic heterocycles. The third-order valence-electron chi connectivity index (χ3n) is 7.94. The lowest BCUT2D eigenvalue weighted by atomic mass is 9.87. The number of methoxy groups -OCH3 is 1. The summed E-state index contributed by atoms with van der Waals surface area (Å²) in [6.45, 7) is 3.24. The van der Waals surface area contributed by atoms with Crippen LogP contribution in [0.25, 0.3) is 15.2 Å². The van der Waals surface area contributed by atoms with Gasteiger partial charge in [0, 0.05) is 30.9 Å². The standard InChI is InChI=1S/C28H31FN6O6S/c1-15-23-25(42-27(15)35-31-7-8-32-35)33-28(38)34(26(23)37)20-11-16(14-30-24(20)36)12-22(41-18-5-9-40-10-6-18)19-13-17(29)3-4-21(19)39-2/h3-4,7-8,13,16,18,20,22H,5-6,9-12,14H2,1-2H3,(H,30,36)(H,33,38)/t16?,20?,22-/m1/s1. The van der Waals surface area contributed by atoms with E-state index in [2.05, 4.69) is 20.5 Å². The average Bonchev–Trinajstić information content (AvgIpc) is 3.63. The maximum absolute atomic E-state index is 14.4. The number of amides is 1. The number of benzene rings is 1. The first kappa shape index (κ1) is 28.2. The van der Waals surface area contributed by atoms with E-state index in [1.165, 1.54) is 47.8 Å². The molecule has 6 rings (SSSR count). The average molecular weight is 599 g/mol. The summed E-state index contributed by atoms with van der Waals surface area (Å²) in [5, 5.41) is 12.1. The number of carbonyl (C=O) groups is 1. The smallest absolute Gasteiger partial charge is 0.330 e. The molecule has 2 saturated heterocycles. The fraction of sp³-hybridized carbons (Fsp3) is 0.464. The van der Waals surface area contributed by atoms with Gasteiger partial charge in [-0.05, 0) is 56.7 Å². The summed E-state index contributed by atoms with van der Waals surface area (Å²) in [4.78, 5) is 44.7. The van der Waals surface area contributed by atoms with Crippen LogP contribution in [0.3, 0.4) is 0 Å². The number of aromatic nitrogens is 5. The van der Waals surface area contributed by atoms with E-state index in [1.807, 2.05) is 0 Å². The van der Waals surface area contributed by atoms with E-state index in [1.54, 1.807) is 13.0 Å². The molecule has 0 bridgehead atoms. The summed E-state index contributed by atoms with van der Waals surface area (Å²) in [5.41, 5.74) is -0.0422. The van der Waals surface area contributed by atoms with E-state index in [-0.39, 0.29) is 18.4 Å². The zero-order chi connectivity index (χ0) is 29.4. The molecule has 0 spiro atoms. The number of hydrogen-bond donors (Lipinski definition) is 2. The second-order valence-corrected chi connectivity index (χ2v) is 11.6. The topological polar surface area (TPSA) is 142 Å². The molecule has 2 fully saturated rings. The lowest BCUT2D eigenvalue weighted by molar-refractivity contribution is -0.128. The third kappa shape index (κ3) is 5.37. The molecule has 2 aliphatic rings. The van der Waals surface area contributed by atoms with Gasteiger partial charge in [-0.1, -0.05) is 11.3 Å². The van der Waals surface area contributed by atoms with Crippen molar-refractivity contribution >= 4 is 27.5 Å². The highest BCUT2D eigenvalue weighted by atomic mass is 32.1. The summed E-state index contributed by atoms with van der Waals surface area (Å²) < 4.78 is 32.9. The largest absolute Gasteiger partial charge is 0.496 e. The molecule has 2 N–H and O–H groups in total. The molecular formula is C28H31FN6O6S. The number of nitrogens with zero attached hydrogens (tertiary/aromatic N) is 4. The number of carbonyl (C=O) groups excluding carboxylic acids is 1. The van der Waals surface area contributed by atoms with Gasteiger partial charge >= 0.3 is 5.69 Å². The molecule has 1 aromatic carbocycles. The molecule has 5 heterocycles. The molecule has 0 radical (unpaired) electrons. The van der Waals surface area contributed by atoms with Gasteiger partial charge < -0.3 is 19.5 Å². The first-order valence-corrected chi connectivity index (χ1v) is 14.6. The number of rotatable bonds is 8. The number of piperidine rings is 1. The van der Waals surface area contributed by atoms with E-state index >= 15 is 0 Å². The normalized spacial score (nSPS) is 20.5. The fourth-order valence-corrected chi connectivity index (χ4v) is 6.95. The quantitative estimate of drug-likeness (QED) is 0.315. The molecule has 0 saturated carbocycles. The SMILES string of the molecule is COc1ccc(F)cc1[C@@H](CC1CNC(=O)C(n2c(=O)[nH]c3sc(-n4nccn4)c(C)c3c2=O)C1)OC1CCOCC1. The summed E-state index contributed by atoms with van der Waals surface area (Å²) >= 11 is 1.19. The summed E-state index contributed by atoms with van der Waals surface area (Å²) in [6, 6.07) is 3.28. The van der Waals surface area contributed by atoms with Gasteiger partial charge in [0.2, 0.25) is 5.91 Å². The van der Waals surface area contributed by atoms with Crippen LogP contribution in [0.4, 0.5) is 4.39 Å². The van der Waals surface area contributed by atoms with Crippen LogP contribution < -0.4 is 21.3 Å². The van der Waals surface area contributed by atoms with E-state index < -0.39 is 35.1 Å². The van der Waals surface area contributed by atoms with E-state index in [0.29, 0.717) is 71.1 Å². The Balaban J connectivity index is 1.32. The highest BCUT2D eigenvalue weighted by Crippen LogP contribution is 2.38. The highest BCUT2D eigenvalue weighted by Gasteiger charge is 2.36. The summed E-state index contributed by atoms with van der Waals surface area (Å²) in [5.74, 6) is -0.507. The third-order valence-corrected chi connectivity index (χ3v) is 9.11. The number of thiophene rings is 1. The van der Waals surface area contributed by atoms with Crippen LogP contribution >= 0.6 is 11.3 Å². The molecular weight excluding hydrogens is 567 g/mol. The van der Waals surface area contributed by atoms with Crippen LogP contribution in [0.1, 0.15) is 49.0 Å². The Bertz CT molecular complexity index is 1710. The van der Waals surface area contributed by atoms with E-state index in [9.17, 15) is 18.8 Å². The lowest BCUT2D eigenvalue weighted by Gasteiger charge is -2.34. The maximum atomic E-state index is 14.4. The van der Waals surface area contributed by atoms with Crippen molar-refractivity contribution in [3.63, 3.8) is 0 Å². The van der Waals surface area contributed by atoms with Gasteiger partial charge in [-0.2, -0.15) is 10.2 Å². The van der Waals surface area contributed by atoms with Gasteiger partial charge in [0.05, 0.1) is 37.1 Å². The van der Waals surface area contributed by atoms with Crippen molar-refractivity contribution in [3.05, 3.63) is 68.4 Å². The molecule has 14 heteroatoms. The number of halogens is 1. The van der Waals surface area contributed by atoms with Crippen molar-refractivity contribution in [2.75, 3.05) is 26.9 Å². The number of aromatic amines is 1. The molecule has 4 aromatic rings. The highest BCUT2D eigenvalue weighted by molar-refractivity contribution is 7.21. The molecule has 2 aliphatic heterocycles. The maximum Gasteiger partial charge on any atom is 0.330 e.